The van der Waals surface area contributed by atoms with Gasteiger partial charge in [0.25, 0.3) is 0 Å². The third-order valence-electron chi connectivity index (χ3n) is 4.92. The van der Waals surface area contributed by atoms with Crippen molar-refractivity contribution in [3.05, 3.63) is 40.2 Å². The van der Waals surface area contributed by atoms with Crippen molar-refractivity contribution in [2.45, 2.75) is 32.4 Å². The van der Waals surface area contributed by atoms with Crippen LogP contribution in [0.15, 0.2) is 34.6 Å². The molecule has 2 N–H and O–H groups in total. The van der Waals surface area contributed by atoms with Crippen LogP contribution in [0.2, 0.25) is 5.02 Å². The molecule has 0 bridgehead atoms. The minimum absolute atomic E-state index is 0. The van der Waals surface area contributed by atoms with Crippen LogP contribution in [-0.2, 0) is 6.54 Å². The van der Waals surface area contributed by atoms with Crippen molar-refractivity contribution < 1.29 is 9.47 Å². The molecule has 3 rings (SSSR count). The lowest BCUT2D eigenvalue weighted by molar-refractivity contribution is 0.311. The number of rotatable bonds is 7. The van der Waals surface area contributed by atoms with Crippen LogP contribution in [0, 0.1) is 0 Å². The smallest absolute Gasteiger partial charge is 0.191 e. The molecule has 1 aromatic heterocycles. The molecule has 0 saturated carbocycles. The highest BCUT2D eigenvalue weighted by Crippen LogP contribution is 2.36. The number of hydrogen-bond donors (Lipinski definition) is 2. The van der Waals surface area contributed by atoms with E-state index in [1.807, 2.05) is 19.1 Å². The van der Waals surface area contributed by atoms with Crippen molar-refractivity contribution in [2.75, 3.05) is 38.8 Å². The van der Waals surface area contributed by atoms with E-state index in [1.54, 1.807) is 25.5 Å². The van der Waals surface area contributed by atoms with E-state index in [0.29, 0.717) is 35.7 Å². The average Bonchev–Trinajstić information content (AvgIpc) is 3.28. The zero-order valence-corrected chi connectivity index (χ0v) is 21.5. The number of methoxy groups -OCH3 is 1. The Morgan fingerprint density at radius 1 is 1.33 bits per heavy atom. The number of anilines is 1. The summed E-state index contributed by atoms with van der Waals surface area (Å²) in [7, 11) is 3.41. The first-order chi connectivity index (χ1) is 14.1. The number of guanidine groups is 1. The lowest BCUT2D eigenvalue weighted by Crippen LogP contribution is -2.48. The molecule has 0 atom stereocenters. The number of nitrogens with zero attached hydrogens (tertiary/aromatic N) is 2. The van der Waals surface area contributed by atoms with Crippen LogP contribution in [0.5, 0.6) is 11.5 Å². The highest BCUT2D eigenvalue weighted by Gasteiger charge is 2.20. The molecular weight excluding hydrogens is 535 g/mol. The molecule has 166 valence electrons. The first-order valence-electron chi connectivity index (χ1n) is 9.89. The van der Waals surface area contributed by atoms with Crippen molar-refractivity contribution in [1.82, 2.24) is 10.6 Å². The summed E-state index contributed by atoms with van der Waals surface area (Å²) in [6, 6.07) is 8.55. The molecule has 0 radical (unpaired) electrons. The molecule has 1 aliphatic rings. The van der Waals surface area contributed by atoms with Gasteiger partial charge in [-0.1, -0.05) is 11.6 Å². The van der Waals surface area contributed by atoms with Crippen molar-refractivity contribution in [2.24, 2.45) is 4.99 Å². The van der Waals surface area contributed by atoms with Crippen molar-refractivity contribution in [3.8, 4) is 11.5 Å². The van der Waals surface area contributed by atoms with Crippen LogP contribution in [-0.4, -0.2) is 45.9 Å². The first-order valence-corrected chi connectivity index (χ1v) is 11.1. The third kappa shape index (κ3) is 6.55. The van der Waals surface area contributed by atoms with Crippen LogP contribution in [0.1, 0.15) is 25.3 Å². The van der Waals surface area contributed by atoms with Crippen LogP contribution in [0.3, 0.4) is 0 Å². The minimum Gasteiger partial charge on any atom is -0.493 e. The molecule has 30 heavy (non-hydrogen) atoms. The minimum atomic E-state index is 0. The Kier molecular flexibility index (Phi) is 10.3. The van der Waals surface area contributed by atoms with E-state index in [1.165, 1.54) is 5.00 Å². The maximum Gasteiger partial charge on any atom is 0.191 e. The van der Waals surface area contributed by atoms with Crippen LogP contribution >= 0.6 is 46.9 Å². The fraction of sp³-hybridized carbons (Fsp3) is 0.476. The fourth-order valence-electron chi connectivity index (χ4n) is 3.43. The van der Waals surface area contributed by atoms with Gasteiger partial charge in [-0.2, -0.15) is 0 Å². The van der Waals surface area contributed by atoms with Crippen LogP contribution < -0.4 is 25.0 Å². The van der Waals surface area contributed by atoms with Crippen LogP contribution in [0.25, 0.3) is 0 Å². The van der Waals surface area contributed by atoms with Gasteiger partial charge in [0.05, 0.1) is 23.7 Å². The highest BCUT2D eigenvalue weighted by atomic mass is 127. The van der Waals surface area contributed by atoms with E-state index in [4.69, 9.17) is 21.1 Å². The highest BCUT2D eigenvalue weighted by molar-refractivity contribution is 14.0. The predicted molar refractivity (Wildman–Crippen MR) is 137 cm³/mol. The Hall–Kier alpha value is -1.39. The lowest BCUT2D eigenvalue weighted by Gasteiger charge is -2.33. The number of ether oxygens (including phenoxy) is 2. The molecule has 0 amide bonds. The Labute approximate surface area is 205 Å². The molecular formula is C21H30ClIN4O2S. The summed E-state index contributed by atoms with van der Waals surface area (Å²) in [5.74, 6) is 2.02. The Morgan fingerprint density at radius 2 is 2.10 bits per heavy atom. The van der Waals surface area contributed by atoms with Gasteiger partial charge in [0.2, 0.25) is 0 Å². The molecule has 1 aliphatic heterocycles. The standard InChI is InChI=1S/C21H29ClN4O2S.HI/c1-4-28-20-17(22)12-15(13-18(20)27-3)14-24-21(23-2)25-16-7-9-26(10-8-16)19-6-5-11-29-19;/h5-6,11-13,16H,4,7-10,14H2,1-3H3,(H2,23,24,25);1H. The molecule has 1 saturated heterocycles. The molecule has 2 aromatic rings. The van der Waals surface area contributed by atoms with Gasteiger partial charge in [0.1, 0.15) is 0 Å². The number of aliphatic imine (C=N–C) groups is 1. The van der Waals surface area contributed by atoms with E-state index in [9.17, 15) is 0 Å². The summed E-state index contributed by atoms with van der Waals surface area (Å²) in [5.41, 5.74) is 1.01. The van der Waals surface area contributed by atoms with Gasteiger partial charge in [-0.3, -0.25) is 4.99 Å². The second-order valence-corrected chi connectivity index (χ2v) is 8.16. The zero-order valence-electron chi connectivity index (χ0n) is 17.6. The number of thiophene rings is 1. The zero-order chi connectivity index (χ0) is 20.6. The molecule has 9 heteroatoms. The summed E-state index contributed by atoms with van der Waals surface area (Å²) in [6.07, 6.45) is 2.17. The number of hydrogen-bond acceptors (Lipinski definition) is 5. The summed E-state index contributed by atoms with van der Waals surface area (Å²) in [6.45, 7) is 5.17. The molecule has 1 fully saturated rings. The SMILES string of the molecule is CCOc1c(Cl)cc(CNC(=NC)NC2CCN(c3cccs3)CC2)cc1OC.I. The molecule has 6 nitrogen and oxygen atoms in total. The molecule has 0 aliphatic carbocycles. The van der Waals surface area contributed by atoms with Gasteiger partial charge in [-0.25, -0.2) is 0 Å². The van der Waals surface area contributed by atoms with Gasteiger partial charge < -0.3 is 25.0 Å². The van der Waals surface area contributed by atoms with E-state index in [0.717, 1.165) is 37.5 Å². The monoisotopic (exact) mass is 564 g/mol. The summed E-state index contributed by atoms with van der Waals surface area (Å²) >= 11 is 8.17. The Balaban J connectivity index is 0.00000320. The van der Waals surface area contributed by atoms with Crippen LogP contribution in [0.4, 0.5) is 5.00 Å². The largest absolute Gasteiger partial charge is 0.493 e. The van der Waals surface area contributed by atoms with Gasteiger partial charge in [0, 0.05) is 32.7 Å². The van der Waals surface area contributed by atoms with Gasteiger partial charge in [0.15, 0.2) is 17.5 Å². The average molecular weight is 565 g/mol. The second kappa shape index (κ2) is 12.5. The summed E-state index contributed by atoms with van der Waals surface area (Å²) < 4.78 is 11.0. The van der Waals surface area contributed by atoms with E-state index in [2.05, 4.69) is 38.0 Å². The van der Waals surface area contributed by atoms with E-state index < -0.39 is 0 Å². The Bertz CT molecular complexity index is 812. The number of benzene rings is 1. The summed E-state index contributed by atoms with van der Waals surface area (Å²) in [5, 5.41) is 11.0. The van der Waals surface area contributed by atoms with E-state index >= 15 is 0 Å². The van der Waals surface area contributed by atoms with Gasteiger partial charge in [-0.15, -0.1) is 35.3 Å². The predicted octanol–water partition coefficient (Wildman–Crippen LogP) is 4.76. The number of halogens is 2. The Morgan fingerprint density at radius 3 is 2.70 bits per heavy atom. The molecule has 2 heterocycles. The second-order valence-electron chi connectivity index (χ2n) is 6.82. The maximum absolute atomic E-state index is 6.37. The van der Waals surface area contributed by atoms with Crippen molar-refractivity contribution in [1.29, 1.82) is 0 Å². The quantitative estimate of drug-likeness (QED) is 0.289. The van der Waals surface area contributed by atoms with Gasteiger partial charge >= 0.3 is 0 Å². The molecule has 0 unspecified atom stereocenters. The lowest BCUT2D eigenvalue weighted by atomic mass is 10.1. The van der Waals surface area contributed by atoms with E-state index in [-0.39, 0.29) is 24.0 Å². The fourth-order valence-corrected chi connectivity index (χ4v) is 4.50. The van der Waals surface area contributed by atoms with Crippen molar-refractivity contribution >= 4 is 57.9 Å². The van der Waals surface area contributed by atoms with Gasteiger partial charge in [-0.05, 0) is 55.0 Å². The number of piperidine rings is 1. The maximum atomic E-state index is 6.37. The van der Waals surface area contributed by atoms with Crippen molar-refractivity contribution in [3.63, 3.8) is 0 Å². The number of nitrogens with one attached hydrogen (secondary N) is 2. The normalized spacial score (nSPS) is 14.8. The first kappa shape index (κ1) is 24.9. The third-order valence-corrected chi connectivity index (χ3v) is 6.12. The molecule has 0 spiro atoms. The topological polar surface area (TPSA) is 58.1 Å². The molecule has 1 aromatic carbocycles. The summed E-state index contributed by atoms with van der Waals surface area (Å²) in [4.78, 5) is 6.82.